The van der Waals surface area contributed by atoms with Gasteiger partial charge in [-0.1, -0.05) is 12.1 Å². The van der Waals surface area contributed by atoms with Crippen molar-refractivity contribution in [2.45, 2.75) is 61.1 Å². The molecule has 8 nitrogen and oxygen atoms in total. The molecule has 2 bridgehead atoms. The van der Waals surface area contributed by atoms with Crippen molar-refractivity contribution in [3.8, 4) is 11.5 Å². The number of benzene rings is 1. The predicted molar refractivity (Wildman–Crippen MR) is 115 cm³/mol. The summed E-state index contributed by atoms with van der Waals surface area (Å²) in [6, 6.07) is 3.49. The van der Waals surface area contributed by atoms with Gasteiger partial charge in [0, 0.05) is 24.6 Å². The normalized spacial score (nSPS) is 36.9. The number of rotatable bonds is 4. The number of hydrogen-bond donors (Lipinski definition) is 1. The van der Waals surface area contributed by atoms with Gasteiger partial charge in [-0.2, -0.15) is 8.42 Å². The van der Waals surface area contributed by atoms with E-state index in [0.717, 1.165) is 30.3 Å². The Labute approximate surface area is 188 Å². The topological polar surface area (TPSA) is 94.5 Å². The van der Waals surface area contributed by atoms with Crippen LogP contribution in [0.25, 0.3) is 0 Å². The van der Waals surface area contributed by atoms with Crippen LogP contribution in [0.2, 0.25) is 0 Å². The second-order valence-electron chi connectivity index (χ2n) is 9.72. The molecular weight excluding hydrogens is 434 g/mol. The molecule has 32 heavy (non-hydrogen) atoms. The maximum atomic E-state index is 12.5. The molecule has 6 rings (SSSR count). The van der Waals surface area contributed by atoms with E-state index in [-0.39, 0.29) is 11.8 Å². The molecule has 0 aromatic heterocycles. The highest BCUT2D eigenvalue weighted by Crippen LogP contribution is 2.67. The molecular formula is C23H29NO7S. The Hall–Kier alpha value is -1.65. The van der Waals surface area contributed by atoms with Gasteiger partial charge in [0.05, 0.1) is 30.5 Å². The first kappa shape index (κ1) is 20.9. The zero-order valence-corrected chi connectivity index (χ0v) is 19.0. The Morgan fingerprint density at radius 2 is 2.06 bits per heavy atom. The van der Waals surface area contributed by atoms with Gasteiger partial charge >= 0.3 is 10.1 Å². The molecule has 4 atom stereocenters. The van der Waals surface area contributed by atoms with E-state index in [1.807, 2.05) is 12.1 Å². The number of ether oxygens (including phenoxy) is 3. The van der Waals surface area contributed by atoms with Crippen LogP contribution in [0.1, 0.15) is 36.8 Å². The van der Waals surface area contributed by atoms with Crippen LogP contribution in [-0.2, 0) is 31.4 Å². The Kier molecular flexibility index (Phi) is 4.38. The minimum atomic E-state index is -3.75. The molecule has 174 valence electrons. The number of fused-ring (bicyclic) bond motifs is 1. The van der Waals surface area contributed by atoms with Crippen LogP contribution >= 0.6 is 0 Å². The molecule has 3 fully saturated rings. The molecule has 2 spiro atoms. The zero-order chi connectivity index (χ0) is 22.4. The van der Waals surface area contributed by atoms with Gasteiger partial charge in [-0.3, -0.25) is 4.90 Å². The van der Waals surface area contributed by atoms with Gasteiger partial charge in [0.15, 0.2) is 17.6 Å². The van der Waals surface area contributed by atoms with Gasteiger partial charge in [-0.05, 0) is 43.9 Å². The van der Waals surface area contributed by atoms with E-state index in [0.29, 0.717) is 51.2 Å². The van der Waals surface area contributed by atoms with Gasteiger partial charge in [-0.25, -0.2) is 0 Å². The summed E-state index contributed by atoms with van der Waals surface area (Å²) < 4.78 is 48.2. The lowest BCUT2D eigenvalue weighted by atomic mass is 9.50. The molecule has 3 aliphatic heterocycles. The number of aliphatic hydroxyl groups is 1. The Balaban J connectivity index is 1.61. The van der Waals surface area contributed by atoms with Crippen LogP contribution < -0.4 is 8.92 Å². The average molecular weight is 464 g/mol. The summed E-state index contributed by atoms with van der Waals surface area (Å²) in [4.78, 5) is 2.33. The highest BCUT2D eigenvalue weighted by molar-refractivity contribution is 7.86. The van der Waals surface area contributed by atoms with E-state index >= 15 is 0 Å². The fraction of sp³-hybridized carbons (Fsp3) is 0.652. The highest BCUT2D eigenvalue weighted by Gasteiger charge is 2.76. The van der Waals surface area contributed by atoms with Gasteiger partial charge < -0.3 is 23.5 Å². The van der Waals surface area contributed by atoms with Crippen molar-refractivity contribution < 1.29 is 31.9 Å². The van der Waals surface area contributed by atoms with Crippen LogP contribution in [0.5, 0.6) is 11.5 Å². The maximum Gasteiger partial charge on any atom is 0.306 e. The van der Waals surface area contributed by atoms with Gasteiger partial charge in [0.25, 0.3) is 0 Å². The summed E-state index contributed by atoms with van der Waals surface area (Å²) in [6.45, 7) is 6.41. The molecule has 1 saturated carbocycles. The van der Waals surface area contributed by atoms with Crippen LogP contribution in [0.15, 0.2) is 24.8 Å². The lowest BCUT2D eigenvalue weighted by Gasteiger charge is -2.60. The molecule has 1 aromatic rings. The van der Waals surface area contributed by atoms with Gasteiger partial charge in [-0.15, -0.1) is 6.58 Å². The number of hydrogen-bond acceptors (Lipinski definition) is 8. The lowest BCUT2D eigenvalue weighted by Crippen LogP contribution is -2.75. The molecule has 1 aromatic carbocycles. The lowest BCUT2D eigenvalue weighted by molar-refractivity contribution is -0.284. The summed E-state index contributed by atoms with van der Waals surface area (Å²) in [6.07, 6.45) is 5.56. The highest BCUT2D eigenvalue weighted by atomic mass is 32.2. The third kappa shape index (κ3) is 2.54. The summed E-state index contributed by atoms with van der Waals surface area (Å²) in [5.74, 6) is -0.385. The van der Waals surface area contributed by atoms with E-state index < -0.39 is 33.0 Å². The molecule has 1 N–H and O–H groups in total. The summed E-state index contributed by atoms with van der Waals surface area (Å²) in [7, 11) is -3.75. The van der Waals surface area contributed by atoms with Crippen LogP contribution in [0.3, 0.4) is 0 Å². The fourth-order valence-corrected chi connectivity index (χ4v) is 7.66. The van der Waals surface area contributed by atoms with Crippen molar-refractivity contribution >= 4 is 10.1 Å². The van der Waals surface area contributed by atoms with Gasteiger partial charge in [0.2, 0.25) is 5.79 Å². The maximum absolute atomic E-state index is 12.5. The summed E-state index contributed by atoms with van der Waals surface area (Å²) in [5, 5.41) is 12.5. The van der Waals surface area contributed by atoms with Crippen molar-refractivity contribution in [1.82, 2.24) is 4.90 Å². The third-order valence-corrected chi connectivity index (χ3v) is 8.65. The van der Waals surface area contributed by atoms with Crippen LogP contribution in [0.4, 0.5) is 0 Å². The fourth-order valence-electron chi connectivity index (χ4n) is 7.20. The van der Waals surface area contributed by atoms with Crippen LogP contribution in [0, 0.1) is 0 Å². The smallest absolute Gasteiger partial charge is 0.306 e. The van der Waals surface area contributed by atoms with Crippen molar-refractivity contribution in [3.05, 3.63) is 35.9 Å². The summed E-state index contributed by atoms with van der Waals surface area (Å²) in [5.41, 5.74) is 0.0976. The second kappa shape index (κ2) is 6.70. The molecule has 9 heteroatoms. The van der Waals surface area contributed by atoms with Gasteiger partial charge in [0.1, 0.15) is 0 Å². The summed E-state index contributed by atoms with van der Waals surface area (Å²) >= 11 is 0. The predicted octanol–water partition coefficient (Wildman–Crippen LogP) is 1.50. The number of likely N-dealkylation sites (tertiary alicyclic amines) is 1. The average Bonchev–Trinajstić information content (AvgIpc) is 3.32. The molecule has 3 heterocycles. The number of nitrogens with zero attached hydrogens (tertiary/aromatic N) is 1. The standard InChI is InChI=1S/C23H29NO7S/c1-3-10-24-11-4-7-21-18-15-5-6-16(31-32(2,26)27)19(18)30-20(21)23(28-12-13-29-23)9-8-22(21,25)17(24)14-15/h3,5-6,17,20,25H,1,4,7-14H2,2H3/t17-,20?,21+,22?/m1/s1. The van der Waals surface area contributed by atoms with Crippen molar-refractivity contribution in [3.63, 3.8) is 0 Å². The second-order valence-corrected chi connectivity index (χ2v) is 11.3. The van der Waals surface area contributed by atoms with Crippen molar-refractivity contribution in [2.75, 3.05) is 32.6 Å². The first-order valence-corrected chi connectivity index (χ1v) is 13.1. The van der Waals surface area contributed by atoms with Crippen molar-refractivity contribution in [1.29, 1.82) is 0 Å². The molecule has 5 aliphatic rings. The zero-order valence-electron chi connectivity index (χ0n) is 18.2. The van der Waals surface area contributed by atoms with E-state index in [9.17, 15) is 13.5 Å². The van der Waals surface area contributed by atoms with Crippen LogP contribution in [-0.4, -0.2) is 74.5 Å². The first-order valence-electron chi connectivity index (χ1n) is 11.3. The molecule has 2 aliphatic carbocycles. The van der Waals surface area contributed by atoms with E-state index in [1.54, 1.807) is 6.07 Å². The SMILES string of the molecule is C=CCN1CCC[C@]23c4c5ccc(OS(C)(=O)=O)c4OC2C2(CCC3(O)[C@H]1C5)OCCO2. The first-order chi connectivity index (χ1) is 15.2. The Morgan fingerprint density at radius 3 is 2.78 bits per heavy atom. The van der Waals surface area contributed by atoms with E-state index in [2.05, 4.69) is 11.5 Å². The molecule has 0 radical (unpaired) electrons. The largest absolute Gasteiger partial charge is 0.479 e. The molecule has 2 saturated heterocycles. The Morgan fingerprint density at radius 1 is 1.28 bits per heavy atom. The minimum absolute atomic E-state index is 0.104. The Bertz CT molecular complexity index is 1080. The quantitative estimate of drug-likeness (QED) is 0.530. The van der Waals surface area contributed by atoms with E-state index in [4.69, 9.17) is 18.4 Å². The third-order valence-electron chi connectivity index (χ3n) is 8.17. The molecule has 2 unspecified atom stereocenters. The van der Waals surface area contributed by atoms with Crippen molar-refractivity contribution in [2.24, 2.45) is 0 Å². The minimum Gasteiger partial charge on any atom is -0.479 e. The monoisotopic (exact) mass is 463 g/mol. The molecule has 0 amide bonds. The van der Waals surface area contributed by atoms with E-state index in [1.165, 1.54) is 0 Å².